The molecule has 0 aliphatic rings. The van der Waals surface area contributed by atoms with Crippen LogP contribution < -0.4 is 10.0 Å². The molecule has 9 heteroatoms. The van der Waals surface area contributed by atoms with Crippen molar-refractivity contribution in [3.05, 3.63) is 88.5 Å². The van der Waals surface area contributed by atoms with Crippen LogP contribution in [0.2, 0.25) is 0 Å². The van der Waals surface area contributed by atoms with Gasteiger partial charge >= 0.3 is 6.18 Å². The van der Waals surface area contributed by atoms with Gasteiger partial charge in [0.15, 0.2) is 0 Å². The van der Waals surface area contributed by atoms with Crippen molar-refractivity contribution in [3.8, 4) is 0 Å². The number of sulfonamides is 1. The summed E-state index contributed by atoms with van der Waals surface area (Å²) in [5.74, 6) is -0.729. The van der Waals surface area contributed by atoms with Crippen molar-refractivity contribution in [2.75, 3.05) is 10.0 Å². The Labute approximate surface area is 184 Å². The quantitative estimate of drug-likeness (QED) is 0.512. The monoisotopic (exact) mass is 462 g/mol. The van der Waals surface area contributed by atoms with E-state index in [1.807, 2.05) is 13.0 Å². The minimum absolute atomic E-state index is 0.00523. The average Bonchev–Trinajstić information content (AvgIpc) is 2.70. The number of rotatable bonds is 5. The fraction of sp³-hybridized carbons (Fsp3) is 0.174. The summed E-state index contributed by atoms with van der Waals surface area (Å²) in [5, 5.41) is 2.38. The van der Waals surface area contributed by atoms with Gasteiger partial charge in [0.25, 0.3) is 15.9 Å². The second-order valence-electron chi connectivity index (χ2n) is 7.44. The normalized spacial score (nSPS) is 11.8. The van der Waals surface area contributed by atoms with Gasteiger partial charge in [-0.25, -0.2) is 8.42 Å². The van der Waals surface area contributed by atoms with Crippen molar-refractivity contribution in [1.29, 1.82) is 0 Å². The topological polar surface area (TPSA) is 75.3 Å². The number of anilines is 2. The molecule has 0 radical (unpaired) electrons. The second kappa shape index (κ2) is 8.66. The Balaban J connectivity index is 1.90. The van der Waals surface area contributed by atoms with Crippen molar-refractivity contribution < 1.29 is 26.4 Å². The number of hydrogen-bond donors (Lipinski definition) is 2. The van der Waals surface area contributed by atoms with Gasteiger partial charge in [0.05, 0.1) is 16.1 Å². The Morgan fingerprint density at radius 1 is 0.875 bits per heavy atom. The van der Waals surface area contributed by atoms with E-state index < -0.39 is 27.7 Å². The van der Waals surface area contributed by atoms with Crippen LogP contribution in [0.5, 0.6) is 0 Å². The molecule has 0 spiro atoms. The maximum atomic E-state index is 13.0. The molecule has 0 unspecified atom stereocenters. The van der Waals surface area contributed by atoms with Gasteiger partial charge in [0.1, 0.15) is 0 Å². The summed E-state index contributed by atoms with van der Waals surface area (Å²) in [6, 6.07) is 13.6. The van der Waals surface area contributed by atoms with Crippen molar-refractivity contribution in [3.63, 3.8) is 0 Å². The summed E-state index contributed by atoms with van der Waals surface area (Å²) in [7, 11) is -4.02. The van der Waals surface area contributed by atoms with E-state index in [2.05, 4.69) is 10.0 Å². The van der Waals surface area contributed by atoms with Crippen LogP contribution in [0.15, 0.2) is 65.6 Å². The van der Waals surface area contributed by atoms with Crippen molar-refractivity contribution in [2.24, 2.45) is 0 Å². The second-order valence-corrected chi connectivity index (χ2v) is 9.09. The molecular weight excluding hydrogens is 441 g/mol. The summed E-state index contributed by atoms with van der Waals surface area (Å²) in [6.07, 6.45) is -4.55. The average molecular weight is 462 g/mol. The number of amides is 1. The van der Waals surface area contributed by atoms with Gasteiger partial charge < -0.3 is 5.32 Å². The molecule has 0 aromatic heterocycles. The van der Waals surface area contributed by atoms with Crippen molar-refractivity contribution in [1.82, 2.24) is 0 Å². The predicted molar refractivity (Wildman–Crippen MR) is 117 cm³/mol. The van der Waals surface area contributed by atoms with E-state index in [0.29, 0.717) is 11.3 Å². The van der Waals surface area contributed by atoms with Gasteiger partial charge in [-0.2, -0.15) is 13.2 Å². The molecule has 0 fully saturated rings. The van der Waals surface area contributed by atoms with Crippen LogP contribution in [0.25, 0.3) is 0 Å². The highest BCUT2D eigenvalue weighted by Crippen LogP contribution is 2.31. The maximum Gasteiger partial charge on any atom is 0.416 e. The fourth-order valence-corrected chi connectivity index (χ4v) is 4.45. The Morgan fingerprint density at radius 2 is 1.56 bits per heavy atom. The molecule has 3 aromatic rings. The molecule has 1 amide bonds. The highest BCUT2D eigenvalue weighted by atomic mass is 32.2. The number of carbonyl (C=O) groups excluding carboxylic acids is 1. The third kappa shape index (κ3) is 5.28. The molecule has 0 bridgehead atoms. The summed E-state index contributed by atoms with van der Waals surface area (Å²) in [5.41, 5.74) is 1.48. The first kappa shape index (κ1) is 23.3. The van der Waals surface area contributed by atoms with Crippen molar-refractivity contribution >= 4 is 27.3 Å². The van der Waals surface area contributed by atoms with Gasteiger partial charge in [-0.3, -0.25) is 9.52 Å². The van der Waals surface area contributed by atoms with E-state index >= 15 is 0 Å². The van der Waals surface area contributed by atoms with Gasteiger partial charge in [0, 0.05) is 11.3 Å². The lowest BCUT2D eigenvalue weighted by molar-refractivity contribution is -0.137. The van der Waals surface area contributed by atoms with Gasteiger partial charge in [-0.15, -0.1) is 0 Å². The number of alkyl halides is 3. The first-order valence-corrected chi connectivity index (χ1v) is 11.0. The summed E-state index contributed by atoms with van der Waals surface area (Å²) >= 11 is 0. The van der Waals surface area contributed by atoms with E-state index in [1.54, 1.807) is 26.0 Å². The van der Waals surface area contributed by atoms with Gasteiger partial charge in [0.2, 0.25) is 0 Å². The molecule has 0 aliphatic carbocycles. The Kier molecular flexibility index (Phi) is 6.32. The summed E-state index contributed by atoms with van der Waals surface area (Å²) in [6.45, 7) is 5.19. The van der Waals surface area contributed by atoms with Crippen LogP contribution in [0.1, 0.15) is 32.6 Å². The third-order valence-electron chi connectivity index (χ3n) is 4.83. The zero-order valence-corrected chi connectivity index (χ0v) is 18.4. The molecule has 0 heterocycles. The Hall–Kier alpha value is -3.33. The van der Waals surface area contributed by atoms with Crippen LogP contribution in [-0.4, -0.2) is 14.3 Å². The Bertz CT molecular complexity index is 1290. The first-order valence-electron chi connectivity index (χ1n) is 9.56. The molecule has 3 aromatic carbocycles. The van der Waals surface area contributed by atoms with Crippen LogP contribution in [0.4, 0.5) is 24.5 Å². The zero-order valence-electron chi connectivity index (χ0n) is 17.5. The van der Waals surface area contributed by atoms with Crippen LogP contribution >= 0.6 is 0 Å². The highest BCUT2D eigenvalue weighted by Gasteiger charge is 2.30. The van der Waals surface area contributed by atoms with E-state index in [9.17, 15) is 26.4 Å². The van der Waals surface area contributed by atoms with E-state index in [-0.39, 0.29) is 16.1 Å². The zero-order chi connectivity index (χ0) is 23.7. The fourth-order valence-electron chi connectivity index (χ4n) is 3.05. The van der Waals surface area contributed by atoms with Gasteiger partial charge in [-0.1, -0.05) is 24.3 Å². The number of aryl methyl sites for hydroxylation is 3. The minimum Gasteiger partial charge on any atom is -0.322 e. The minimum atomic E-state index is -4.55. The lowest BCUT2D eigenvalue weighted by atomic mass is 10.1. The predicted octanol–water partition coefficient (Wildman–Crippen LogP) is 5.68. The molecule has 0 saturated heterocycles. The van der Waals surface area contributed by atoms with Crippen LogP contribution in [0.3, 0.4) is 0 Å². The van der Waals surface area contributed by atoms with Crippen LogP contribution in [-0.2, 0) is 16.2 Å². The Morgan fingerprint density at radius 3 is 2.25 bits per heavy atom. The largest absolute Gasteiger partial charge is 0.416 e. The third-order valence-corrected chi connectivity index (χ3v) is 6.33. The molecule has 0 atom stereocenters. The molecule has 2 N–H and O–H groups in total. The first-order chi connectivity index (χ1) is 14.9. The van der Waals surface area contributed by atoms with Crippen molar-refractivity contribution in [2.45, 2.75) is 31.8 Å². The maximum absolute atomic E-state index is 13.0. The number of carbonyl (C=O) groups is 1. The molecule has 5 nitrogen and oxygen atoms in total. The number of halogens is 3. The number of benzene rings is 3. The SMILES string of the molecule is Cc1ccc(C)c(NS(=O)(=O)c2cc(C(=O)Nc3cccc(C(F)(F)F)c3)ccc2C)c1. The van der Waals surface area contributed by atoms with E-state index in [0.717, 1.165) is 23.3 Å². The molecule has 3 rings (SSSR count). The summed E-state index contributed by atoms with van der Waals surface area (Å²) in [4.78, 5) is 12.5. The molecule has 0 saturated carbocycles. The smallest absolute Gasteiger partial charge is 0.322 e. The highest BCUT2D eigenvalue weighted by molar-refractivity contribution is 7.92. The molecule has 0 aliphatic heterocycles. The summed E-state index contributed by atoms with van der Waals surface area (Å²) < 4.78 is 67.3. The number of hydrogen-bond acceptors (Lipinski definition) is 3. The molecular formula is C23H21F3N2O3S. The molecule has 32 heavy (non-hydrogen) atoms. The van der Waals surface area contributed by atoms with E-state index in [4.69, 9.17) is 0 Å². The van der Waals surface area contributed by atoms with Gasteiger partial charge in [-0.05, 0) is 73.9 Å². The molecule has 168 valence electrons. The van der Waals surface area contributed by atoms with E-state index in [1.165, 1.54) is 30.3 Å². The van der Waals surface area contributed by atoms with Crippen LogP contribution in [0, 0.1) is 20.8 Å². The lowest BCUT2D eigenvalue weighted by Crippen LogP contribution is -2.18. The lowest BCUT2D eigenvalue weighted by Gasteiger charge is -2.14. The standard InChI is InChI=1S/C23H21F3N2O3S/c1-14-7-8-15(2)20(11-14)28-32(30,31)21-12-17(10-9-16(21)3)22(29)27-19-6-4-5-18(13-19)23(24,25)26/h4-13,28H,1-3H3,(H,27,29). The number of nitrogens with one attached hydrogen (secondary N) is 2.